The number of ether oxygens (including phenoxy) is 2. The van der Waals surface area contributed by atoms with Crippen molar-refractivity contribution in [2.75, 3.05) is 14.2 Å². The van der Waals surface area contributed by atoms with Crippen LogP contribution in [0.25, 0.3) is 0 Å². The average molecular weight is 249 g/mol. The van der Waals surface area contributed by atoms with E-state index in [0.29, 0.717) is 17.1 Å². The van der Waals surface area contributed by atoms with E-state index in [4.69, 9.17) is 9.47 Å². The highest BCUT2D eigenvalue weighted by molar-refractivity contribution is 6.00. The Morgan fingerprint density at radius 1 is 1.11 bits per heavy atom. The van der Waals surface area contributed by atoms with Gasteiger partial charge in [-0.2, -0.15) is 0 Å². The van der Waals surface area contributed by atoms with Crippen LogP contribution in [0.15, 0.2) is 12.1 Å². The van der Waals surface area contributed by atoms with Crippen molar-refractivity contribution in [3.8, 4) is 11.5 Å². The number of methoxy groups -OCH3 is 2. The maximum Gasteiger partial charge on any atom is 0.252 e. The van der Waals surface area contributed by atoms with Crippen molar-refractivity contribution in [2.45, 2.75) is 26.8 Å². The number of hydrogen-bond donors (Lipinski definition) is 1. The Bertz CT molecular complexity index is 489. The van der Waals surface area contributed by atoms with Gasteiger partial charge >= 0.3 is 0 Å². The van der Waals surface area contributed by atoms with Gasteiger partial charge in [-0.25, -0.2) is 0 Å². The Morgan fingerprint density at radius 3 is 2.17 bits per heavy atom. The Kier molecular flexibility index (Phi) is 2.97. The number of fused-ring (bicyclic) bond motifs is 1. The zero-order valence-corrected chi connectivity index (χ0v) is 11.5. The van der Waals surface area contributed by atoms with Crippen molar-refractivity contribution < 1.29 is 14.3 Å². The summed E-state index contributed by atoms with van der Waals surface area (Å²) in [6.07, 6.45) is 0. The van der Waals surface area contributed by atoms with Crippen LogP contribution >= 0.6 is 0 Å². The van der Waals surface area contributed by atoms with E-state index in [9.17, 15) is 4.79 Å². The van der Waals surface area contributed by atoms with Crippen LogP contribution in [0.3, 0.4) is 0 Å². The van der Waals surface area contributed by atoms with Crippen molar-refractivity contribution in [2.24, 2.45) is 5.41 Å². The summed E-state index contributed by atoms with van der Waals surface area (Å²) in [6, 6.07) is 3.64. The highest BCUT2D eigenvalue weighted by Crippen LogP contribution is 2.42. The SMILES string of the molecule is COc1cc2c(cc1OC)C(C(C)(C)C)NC2=O. The smallest absolute Gasteiger partial charge is 0.252 e. The second-order valence-corrected chi connectivity index (χ2v) is 5.57. The molecule has 0 fully saturated rings. The lowest BCUT2D eigenvalue weighted by atomic mass is 9.83. The Balaban J connectivity index is 2.57. The van der Waals surface area contributed by atoms with Gasteiger partial charge in [0.25, 0.3) is 5.91 Å². The molecule has 1 unspecified atom stereocenters. The molecule has 0 bridgehead atoms. The lowest BCUT2D eigenvalue weighted by Crippen LogP contribution is -2.29. The van der Waals surface area contributed by atoms with Gasteiger partial charge in [0.1, 0.15) is 0 Å². The second kappa shape index (κ2) is 4.19. The minimum Gasteiger partial charge on any atom is -0.493 e. The summed E-state index contributed by atoms with van der Waals surface area (Å²) in [5.41, 5.74) is 1.61. The lowest BCUT2D eigenvalue weighted by Gasteiger charge is -2.27. The molecule has 0 saturated carbocycles. The van der Waals surface area contributed by atoms with Crippen molar-refractivity contribution in [1.29, 1.82) is 0 Å². The molecule has 18 heavy (non-hydrogen) atoms. The molecule has 4 nitrogen and oxygen atoms in total. The monoisotopic (exact) mass is 249 g/mol. The van der Waals surface area contributed by atoms with E-state index in [0.717, 1.165) is 5.56 Å². The van der Waals surface area contributed by atoms with Gasteiger partial charge in [0.05, 0.1) is 20.3 Å². The van der Waals surface area contributed by atoms with Gasteiger partial charge in [-0.05, 0) is 23.1 Å². The average Bonchev–Trinajstić information content (AvgIpc) is 2.64. The van der Waals surface area contributed by atoms with E-state index in [2.05, 4.69) is 26.1 Å². The number of amides is 1. The van der Waals surface area contributed by atoms with E-state index in [1.54, 1.807) is 20.3 Å². The molecule has 4 heteroatoms. The molecule has 1 aromatic rings. The number of nitrogens with one attached hydrogen (secondary N) is 1. The summed E-state index contributed by atoms with van der Waals surface area (Å²) < 4.78 is 10.5. The summed E-state index contributed by atoms with van der Waals surface area (Å²) in [4.78, 5) is 12.0. The molecule has 0 aromatic heterocycles. The lowest BCUT2D eigenvalue weighted by molar-refractivity contribution is 0.0932. The van der Waals surface area contributed by atoms with E-state index in [1.807, 2.05) is 6.07 Å². The number of carbonyl (C=O) groups excluding carboxylic acids is 1. The fraction of sp³-hybridized carbons (Fsp3) is 0.500. The minimum atomic E-state index is -0.0501. The highest BCUT2D eigenvalue weighted by atomic mass is 16.5. The van der Waals surface area contributed by atoms with E-state index < -0.39 is 0 Å². The summed E-state index contributed by atoms with van der Waals surface area (Å²) in [5.74, 6) is 1.19. The van der Waals surface area contributed by atoms with Gasteiger partial charge in [0.2, 0.25) is 0 Å². The van der Waals surface area contributed by atoms with Gasteiger partial charge in [-0.1, -0.05) is 20.8 Å². The molecule has 1 aromatic carbocycles. The van der Waals surface area contributed by atoms with Gasteiger partial charge in [-0.3, -0.25) is 4.79 Å². The summed E-state index contributed by atoms with van der Waals surface area (Å²) in [7, 11) is 3.17. The summed E-state index contributed by atoms with van der Waals surface area (Å²) in [5, 5.41) is 3.01. The number of carbonyl (C=O) groups is 1. The molecule has 98 valence electrons. The number of benzene rings is 1. The molecule has 1 amide bonds. The Morgan fingerprint density at radius 2 is 1.67 bits per heavy atom. The third-order valence-electron chi connectivity index (χ3n) is 3.25. The van der Waals surface area contributed by atoms with Crippen LogP contribution in [-0.4, -0.2) is 20.1 Å². The van der Waals surface area contributed by atoms with Crippen molar-refractivity contribution in [3.63, 3.8) is 0 Å². The third-order valence-corrected chi connectivity index (χ3v) is 3.25. The van der Waals surface area contributed by atoms with Crippen LogP contribution in [0.5, 0.6) is 11.5 Å². The second-order valence-electron chi connectivity index (χ2n) is 5.57. The van der Waals surface area contributed by atoms with Crippen molar-refractivity contribution in [1.82, 2.24) is 5.32 Å². The Labute approximate surface area is 107 Å². The largest absolute Gasteiger partial charge is 0.493 e. The molecular weight excluding hydrogens is 230 g/mol. The topological polar surface area (TPSA) is 47.6 Å². The van der Waals surface area contributed by atoms with Gasteiger partial charge < -0.3 is 14.8 Å². The fourth-order valence-corrected chi connectivity index (χ4v) is 2.30. The highest BCUT2D eigenvalue weighted by Gasteiger charge is 2.37. The zero-order valence-electron chi connectivity index (χ0n) is 11.5. The van der Waals surface area contributed by atoms with Gasteiger partial charge in [0.15, 0.2) is 11.5 Å². The molecule has 1 N–H and O–H groups in total. The fourth-order valence-electron chi connectivity index (χ4n) is 2.30. The quantitative estimate of drug-likeness (QED) is 0.876. The van der Waals surface area contributed by atoms with Gasteiger partial charge in [-0.15, -0.1) is 0 Å². The molecule has 0 radical (unpaired) electrons. The van der Waals surface area contributed by atoms with Crippen LogP contribution in [0, 0.1) is 5.41 Å². The van der Waals surface area contributed by atoms with Crippen LogP contribution in [0.1, 0.15) is 42.7 Å². The van der Waals surface area contributed by atoms with E-state index in [-0.39, 0.29) is 17.4 Å². The molecule has 1 heterocycles. The minimum absolute atomic E-state index is 0.000180. The van der Waals surface area contributed by atoms with Gasteiger partial charge in [0, 0.05) is 5.56 Å². The molecular formula is C14H19NO3. The van der Waals surface area contributed by atoms with Crippen molar-refractivity contribution in [3.05, 3.63) is 23.3 Å². The number of rotatable bonds is 2. The van der Waals surface area contributed by atoms with Crippen LogP contribution < -0.4 is 14.8 Å². The molecule has 2 rings (SSSR count). The van der Waals surface area contributed by atoms with Crippen LogP contribution in [-0.2, 0) is 0 Å². The van der Waals surface area contributed by atoms with Crippen molar-refractivity contribution >= 4 is 5.91 Å². The normalized spacial score (nSPS) is 18.3. The van der Waals surface area contributed by atoms with Crippen LogP contribution in [0.2, 0.25) is 0 Å². The standard InChI is InChI=1S/C14H19NO3/c1-14(2,3)12-8-6-10(17-4)11(18-5)7-9(8)13(16)15-12/h6-7,12H,1-5H3,(H,15,16). The first kappa shape index (κ1) is 12.7. The maximum atomic E-state index is 12.0. The van der Waals surface area contributed by atoms with E-state index in [1.165, 1.54) is 0 Å². The molecule has 0 aliphatic carbocycles. The first-order valence-corrected chi connectivity index (χ1v) is 5.95. The maximum absolute atomic E-state index is 12.0. The summed E-state index contributed by atoms with van der Waals surface area (Å²) in [6.45, 7) is 6.30. The molecule has 0 spiro atoms. The zero-order chi connectivity index (χ0) is 13.5. The molecule has 1 atom stereocenters. The molecule has 1 aliphatic heterocycles. The number of hydrogen-bond acceptors (Lipinski definition) is 3. The Hall–Kier alpha value is -1.71. The predicted molar refractivity (Wildman–Crippen MR) is 69.2 cm³/mol. The molecule has 0 saturated heterocycles. The summed E-state index contributed by atoms with van der Waals surface area (Å²) >= 11 is 0. The predicted octanol–water partition coefficient (Wildman–Crippen LogP) is 2.53. The van der Waals surface area contributed by atoms with Crippen LogP contribution in [0.4, 0.5) is 0 Å². The first-order valence-electron chi connectivity index (χ1n) is 5.95. The third kappa shape index (κ3) is 1.92. The first-order chi connectivity index (χ1) is 8.38. The molecule has 1 aliphatic rings. The van der Waals surface area contributed by atoms with E-state index >= 15 is 0 Å².